The fourth-order valence-electron chi connectivity index (χ4n) is 0.312. The molecule has 0 fully saturated rings. The van der Waals surface area contributed by atoms with E-state index < -0.39 is 0 Å². The molecule has 0 aromatic heterocycles. The average Bonchev–Trinajstić information content (AvgIpc) is 1.68. The van der Waals surface area contributed by atoms with Crippen molar-refractivity contribution in [2.45, 2.75) is 0 Å². The maximum absolute atomic E-state index is 5.23. The molecular formula is C4H13N3. The monoisotopic (exact) mass is 103 g/mol. The SMILES string of the molecule is CN(CN)CCN. The van der Waals surface area contributed by atoms with Crippen molar-refractivity contribution < 1.29 is 0 Å². The van der Waals surface area contributed by atoms with Crippen LogP contribution in [0.2, 0.25) is 0 Å². The van der Waals surface area contributed by atoms with E-state index in [1.165, 1.54) is 0 Å². The lowest BCUT2D eigenvalue weighted by molar-refractivity contribution is 0.354. The van der Waals surface area contributed by atoms with Crippen LogP contribution < -0.4 is 11.5 Å². The van der Waals surface area contributed by atoms with Gasteiger partial charge in [0.25, 0.3) is 0 Å². The lowest BCUT2D eigenvalue weighted by Gasteiger charge is -2.09. The van der Waals surface area contributed by atoms with Crippen molar-refractivity contribution in [2.24, 2.45) is 11.5 Å². The zero-order valence-electron chi connectivity index (χ0n) is 4.72. The molecule has 4 N–H and O–H groups in total. The van der Waals surface area contributed by atoms with Gasteiger partial charge in [-0.15, -0.1) is 0 Å². The number of nitrogens with zero attached hydrogens (tertiary/aromatic N) is 1. The van der Waals surface area contributed by atoms with E-state index in [0.717, 1.165) is 6.54 Å². The molecule has 0 aliphatic carbocycles. The highest BCUT2D eigenvalue weighted by Gasteiger charge is 1.86. The first-order valence-electron chi connectivity index (χ1n) is 2.40. The van der Waals surface area contributed by atoms with E-state index in [4.69, 9.17) is 11.5 Å². The smallest absolute Gasteiger partial charge is 0.0452 e. The van der Waals surface area contributed by atoms with Gasteiger partial charge in [-0.3, -0.25) is 4.90 Å². The molecule has 0 rings (SSSR count). The summed E-state index contributed by atoms with van der Waals surface area (Å²) in [6.45, 7) is 2.17. The molecule has 0 atom stereocenters. The largest absolute Gasteiger partial charge is 0.329 e. The van der Waals surface area contributed by atoms with Crippen LogP contribution in [0.15, 0.2) is 0 Å². The van der Waals surface area contributed by atoms with Gasteiger partial charge in [-0.1, -0.05) is 0 Å². The molecule has 0 spiro atoms. The quantitative estimate of drug-likeness (QED) is 0.441. The fourth-order valence-corrected chi connectivity index (χ4v) is 0.312. The summed E-state index contributed by atoms with van der Waals surface area (Å²) in [6, 6.07) is 0. The minimum absolute atomic E-state index is 0.594. The fraction of sp³-hybridized carbons (Fsp3) is 1.00. The summed E-state index contributed by atoms with van der Waals surface area (Å²) in [6.07, 6.45) is 0. The maximum atomic E-state index is 5.23. The third-order valence-electron chi connectivity index (χ3n) is 0.822. The van der Waals surface area contributed by atoms with Crippen LogP contribution in [0.3, 0.4) is 0 Å². The zero-order chi connectivity index (χ0) is 5.70. The van der Waals surface area contributed by atoms with E-state index in [2.05, 4.69) is 0 Å². The van der Waals surface area contributed by atoms with Crippen LogP contribution in [0.5, 0.6) is 0 Å². The molecule has 0 amide bonds. The highest BCUT2D eigenvalue weighted by atomic mass is 15.1. The molecule has 0 aliphatic rings. The van der Waals surface area contributed by atoms with Gasteiger partial charge >= 0.3 is 0 Å². The standard InChI is InChI=1S/C4H13N3/c1-7(4-6)3-2-5/h2-6H2,1H3. The van der Waals surface area contributed by atoms with E-state index in [0.29, 0.717) is 13.2 Å². The summed E-state index contributed by atoms with van der Waals surface area (Å²) in [7, 11) is 1.94. The second kappa shape index (κ2) is 4.05. The van der Waals surface area contributed by atoms with E-state index >= 15 is 0 Å². The number of likely N-dealkylation sites (N-methyl/N-ethyl adjacent to an activating group) is 1. The lowest BCUT2D eigenvalue weighted by atomic mass is 10.6. The van der Waals surface area contributed by atoms with Crippen LogP contribution in [-0.2, 0) is 0 Å². The van der Waals surface area contributed by atoms with E-state index in [9.17, 15) is 0 Å². The predicted octanol–water partition coefficient (Wildman–Crippen LogP) is -1.21. The summed E-state index contributed by atoms with van der Waals surface area (Å²) in [5, 5.41) is 0. The van der Waals surface area contributed by atoms with E-state index in [1.54, 1.807) is 0 Å². The van der Waals surface area contributed by atoms with Gasteiger partial charge in [0.2, 0.25) is 0 Å². The van der Waals surface area contributed by atoms with Gasteiger partial charge in [0, 0.05) is 19.8 Å². The Kier molecular flexibility index (Phi) is 3.98. The first kappa shape index (κ1) is 6.88. The van der Waals surface area contributed by atoms with Gasteiger partial charge in [0.05, 0.1) is 0 Å². The number of hydrogen-bond acceptors (Lipinski definition) is 3. The van der Waals surface area contributed by atoms with Crippen LogP contribution in [0.1, 0.15) is 0 Å². The Balaban J connectivity index is 2.83. The first-order valence-corrected chi connectivity index (χ1v) is 2.40. The Morgan fingerprint density at radius 1 is 1.43 bits per heavy atom. The molecule has 3 heteroatoms. The number of nitrogens with two attached hydrogens (primary N) is 2. The van der Waals surface area contributed by atoms with E-state index in [1.807, 2.05) is 11.9 Å². The molecular weight excluding hydrogens is 90.1 g/mol. The highest BCUT2D eigenvalue weighted by molar-refractivity contribution is 4.43. The molecule has 0 heterocycles. The zero-order valence-corrected chi connectivity index (χ0v) is 4.72. The normalized spacial score (nSPS) is 10.3. The Hall–Kier alpha value is -0.120. The molecule has 0 radical (unpaired) electrons. The van der Waals surface area contributed by atoms with Gasteiger partial charge in [-0.2, -0.15) is 0 Å². The Labute approximate surface area is 44.3 Å². The van der Waals surface area contributed by atoms with Gasteiger partial charge < -0.3 is 11.5 Å². The van der Waals surface area contributed by atoms with Crippen molar-refractivity contribution in [1.82, 2.24) is 4.90 Å². The lowest BCUT2D eigenvalue weighted by Crippen LogP contribution is -2.30. The Bertz CT molecular complexity index is 37.9. The molecule has 7 heavy (non-hydrogen) atoms. The Morgan fingerprint density at radius 3 is 2.14 bits per heavy atom. The molecule has 0 bridgehead atoms. The van der Waals surface area contributed by atoms with Crippen molar-refractivity contribution in [3.8, 4) is 0 Å². The van der Waals surface area contributed by atoms with Gasteiger partial charge in [0.15, 0.2) is 0 Å². The summed E-state index contributed by atoms with van der Waals surface area (Å²) < 4.78 is 0. The van der Waals surface area contributed by atoms with Crippen LogP contribution in [0.25, 0.3) is 0 Å². The van der Waals surface area contributed by atoms with Gasteiger partial charge in [0.1, 0.15) is 0 Å². The molecule has 0 aromatic carbocycles. The van der Waals surface area contributed by atoms with Crippen LogP contribution in [-0.4, -0.2) is 31.7 Å². The molecule has 0 unspecified atom stereocenters. The third kappa shape index (κ3) is 3.72. The summed E-state index contributed by atoms with van der Waals surface area (Å²) in [5.74, 6) is 0. The third-order valence-corrected chi connectivity index (χ3v) is 0.822. The molecule has 0 saturated carbocycles. The van der Waals surface area contributed by atoms with Crippen LogP contribution in [0, 0.1) is 0 Å². The van der Waals surface area contributed by atoms with Crippen LogP contribution >= 0.6 is 0 Å². The second-order valence-electron chi connectivity index (χ2n) is 1.55. The molecule has 44 valence electrons. The molecule has 3 nitrogen and oxygen atoms in total. The summed E-state index contributed by atoms with van der Waals surface area (Å²) in [5.41, 5.74) is 10.4. The molecule has 0 aromatic rings. The predicted molar refractivity (Wildman–Crippen MR) is 30.7 cm³/mol. The summed E-state index contributed by atoms with van der Waals surface area (Å²) in [4.78, 5) is 1.96. The van der Waals surface area contributed by atoms with Crippen molar-refractivity contribution in [3.05, 3.63) is 0 Å². The minimum atomic E-state index is 0.594. The number of hydrogen-bond donors (Lipinski definition) is 2. The van der Waals surface area contributed by atoms with Crippen molar-refractivity contribution in [2.75, 3.05) is 26.8 Å². The van der Waals surface area contributed by atoms with Crippen LogP contribution in [0.4, 0.5) is 0 Å². The molecule has 0 aliphatic heterocycles. The van der Waals surface area contributed by atoms with E-state index in [-0.39, 0.29) is 0 Å². The van der Waals surface area contributed by atoms with Crippen molar-refractivity contribution in [3.63, 3.8) is 0 Å². The summed E-state index contributed by atoms with van der Waals surface area (Å²) >= 11 is 0. The van der Waals surface area contributed by atoms with Crippen molar-refractivity contribution in [1.29, 1.82) is 0 Å². The molecule has 0 saturated heterocycles. The first-order chi connectivity index (χ1) is 3.31. The van der Waals surface area contributed by atoms with Gasteiger partial charge in [-0.25, -0.2) is 0 Å². The topological polar surface area (TPSA) is 55.3 Å². The number of rotatable bonds is 3. The Morgan fingerprint density at radius 2 is 2.00 bits per heavy atom. The highest BCUT2D eigenvalue weighted by Crippen LogP contribution is 1.69. The minimum Gasteiger partial charge on any atom is -0.329 e. The second-order valence-corrected chi connectivity index (χ2v) is 1.55. The average molecular weight is 103 g/mol. The van der Waals surface area contributed by atoms with Crippen molar-refractivity contribution >= 4 is 0 Å². The van der Waals surface area contributed by atoms with Gasteiger partial charge in [-0.05, 0) is 7.05 Å². The maximum Gasteiger partial charge on any atom is 0.0452 e.